The summed E-state index contributed by atoms with van der Waals surface area (Å²) in [7, 11) is 0. The Balaban J connectivity index is 3.27. The first kappa shape index (κ1) is 8.91. The van der Waals surface area contributed by atoms with E-state index in [0.29, 0.717) is 6.29 Å². The molecule has 1 aromatic carbocycles. The molecule has 0 bridgehead atoms. The molecule has 0 aliphatic rings. The minimum atomic E-state index is -0.434. The zero-order valence-corrected chi connectivity index (χ0v) is 7.17. The van der Waals surface area contributed by atoms with Crippen LogP contribution in [0.2, 0.25) is 0 Å². The fourth-order valence-corrected chi connectivity index (χ4v) is 1.18. The van der Waals surface area contributed by atoms with Gasteiger partial charge >= 0.3 is 0 Å². The number of hydrogen-bond acceptors (Lipinski definition) is 1. The zero-order valence-electron chi connectivity index (χ0n) is 7.17. The summed E-state index contributed by atoms with van der Waals surface area (Å²) in [5.74, 6) is -0.253. The van der Waals surface area contributed by atoms with Crippen LogP contribution in [-0.2, 0) is 0 Å². The molecule has 0 aliphatic carbocycles. The summed E-state index contributed by atoms with van der Waals surface area (Å²) in [6.45, 7) is 3.86. The molecule has 0 unspecified atom stereocenters. The lowest BCUT2D eigenvalue weighted by atomic mass is 9.98. The van der Waals surface area contributed by atoms with Crippen LogP contribution < -0.4 is 0 Å². The molecule has 0 saturated carbocycles. The van der Waals surface area contributed by atoms with E-state index < -0.39 is 5.82 Å². The molecule has 64 valence electrons. The summed E-state index contributed by atoms with van der Waals surface area (Å²) in [5.41, 5.74) is 0.956. The van der Waals surface area contributed by atoms with Crippen molar-refractivity contribution in [3.05, 3.63) is 35.1 Å². The van der Waals surface area contributed by atoms with Crippen molar-refractivity contribution in [2.24, 2.45) is 0 Å². The van der Waals surface area contributed by atoms with Gasteiger partial charge in [-0.15, -0.1) is 0 Å². The van der Waals surface area contributed by atoms with Gasteiger partial charge in [0.1, 0.15) is 5.82 Å². The van der Waals surface area contributed by atoms with Gasteiger partial charge in [0.2, 0.25) is 0 Å². The lowest BCUT2D eigenvalue weighted by Crippen LogP contribution is -1.97. The molecule has 0 saturated heterocycles. The topological polar surface area (TPSA) is 17.1 Å². The number of rotatable bonds is 2. The average Bonchev–Trinajstić information content (AvgIpc) is 2.03. The van der Waals surface area contributed by atoms with Crippen molar-refractivity contribution in [3.63, 3.8) is 0 Å². The molecule has 12 heavy (non-hydrogen) atoms. The van der Waals surface area contributed by atoms with Crippen LogP contribution in [0.15, 0.2) is 18.2 Å². The number of benzene rings is 1. The third-order valence-electron chi connectivity index (χ3n) is 1.83. The Bertz CT molecular complexity index is 292. The predicted octanol–water partition coefficient (Wildman–Crippen LogP) is 2.76. The summed E-state index contributed by atoms with van der Waals surface area (Å²) in [6, 6.07) is 4.70. The SMILES string of the molecule is CC(C)c1cccc(F)c1C=O. The molecule has 0 aliphatic heterocycles. The molecule has 0 radical (unpaired) electrons. The van der Waals surface area contributed by atoms with E-state index in [-0.39, 0.29) is 11.5 Å². The maximum Gasteiger partial charge on any atom is 0.153 e. The number of carbonyl (C=O) groups is 1. The average molecular weight is 166 g/mol. The van der Waals surface area contributed by atoms with E-state index in [9.17, 15) is 9.18 Å². The Hall–Kier alpha value is -1.18. The molecule has 1 rings (SSSR count). The van der Waals surface area contributed by atoms with Crippen molar-refractivity contribution in [1.82, 2.24) is 0 Å². The van der Waals surface area contributed by atoms with Crippen LogP contribution in [0.1, 0.15) is 35.7 Å². The van der Waals surface area contributed by atoms with E-state index in [0.717, 1.165) is 5.56 Å². The van der Waals surface area contributed by atoms with Crippen LogP contribution >= 0.6 is 0 Å². The second-order valence-electron chi connectivity index (χ2n) is 3.02. The van der Waals surface area contributed by atoms with Crippen molar-refractivity contribution in [2.75, 3.05) is 0 Å². The maximum absolute atomic E-state index is 13.0. The van der Waals surface area contributed by atoms with E-state index in [1.807, 2.05) is 13.8 Å². The summed E-state index contributed by atoms with van der Waals surface area (Å²) in [5, 5.41) is 0. The largest absolute Gasteiger partial charge is 0.298 e. The minimum Gasteiger partial charge on any atom is -0.298 e. The molecular formula is C10H11FO. The van der Waals surface area contributed by atoms with Crippen LogP contribution in [0, 0.1) is 5.82 Å². The highest BCUT2D eigenvalue weighted by molar-refractivity contribution is 5.77. The molecule has 1 nitrogen and oxygen atoms in total. The Labute approximate surface area is 71.2 Å². The van der Waals surface area contributed by atoms with E-state index in [1.165, 1.54) is 6.07 Å². The Kier molecular flexibility index (Phi) is 2.58. The highest BCUT2D eigenvalue weighted by Gasteiger charge is 2.09. The standard InChI is InChI=1S/C10H11FO/c1-7(2)8-4-3-5-10(11)9(8)6-12/h3-7H,1-2H3. The Morgan fingerprint density at radius 1 is 1.42 bits per heavy atom. The van der Waals surface area contributed by atoms with Crippen molar-refractivity contribution in [3.8, 4) is 0 Å². The van der Waals surface area contributed by atoms with Crippen molar-refractivity contribution >= 4 is 6.29 Å². The first-order valence-corrected chi connectivity index (χ1v) is 3.90. The number of carbonyl (C=O) groups excluding carboxylic acids is 1. The third kappa shape index (κ3) is 1.52. The van der Waals surface area contributed by atoms with Crippen molar-refractivity contribution < 1.29 is 9.18 Å². The number of halogens is 1. The van der Waals surface area contributed by atoms with Gasteiger partial charge in [0, 0.05) is 0 Å². The van der Waals surface area contributed by atoms with Gasteiger partial charge in [-0.3, -0.25) is 4.79 Å². The lowest BCUT2D eigenvalue weighted by molar-refractivity contribution is 0.111. The molecule has 0 N–H and O–H groups in total. The predicted molar refractivity (Wildman–Crippen MR) is 45.9 cm³/mol. The van der Waals surface area contributed by atoms with Gasteiger partial charge in [0.05, 0.1) is 5.56 Å². The quantitative estimate of drug-likeness (QED) is 0.617. The van der Waals surface area contributed by atoms with Crippen LogP contribution in [0.4, 0.5) is 4.39 Å². The van der Waals surface area contributed by atoms with Gasteiger partial charge in [0.15, 0.2) is 6.29 Å². The lowest BCUT2D eigenvalue weighted by Gasteiger charge is -2.07. The summed E-state index contributed by atoms with van der Waals surface area (Å²) in [4.78, 5) is 10.5. The summed E-state index contributed by atoms with van der Waals surface area (Å²) in [6.07, 6.45) is 0.574. The maximum atomic E-state index is 13.0. The van der Waals surface area contributed by atoms with Crippen LogP contribution in [0.3, 0.4) is 0 Å². The van der Waals surface area contributed by atoms with Gasteiger partial charge in [-0.1, -0.05) is 26.0 Å². The second kappa shape index (κ2) is 3.48. The molecule has 0 spiro atoms. The smallest absolute Gasteiger partial charge is 0.153 e. The normalized spacial score (nSPS) is 10.3. The van der Waals surface area contributed by atoms with Gasteiger partial charge in [0.25, 0.3) is 0 Å². The first-order valence-electron chi connectivity index (χ1n) is 3.90. The van der Waals surface area contributed by atoms with Crippen LogP contribution in [0.5, 0.6) is 0 Å². The van der Waals surface area contributed by atoms with E-state index in [2.05, 4.69) is 0 Å². The molecule has 0 atom stereocenters. The van der Waals surface area contributed by atoms with Crippen molar-refractivity contribution in [1.29, 1.82) is 0 Å². The minimum absolute atomic E-state index is 0.181. The molecular weight excluding hydrogens is 155 g/mol. The highest BCUT2D eigenvalue weighted by atomic mass is 19.1. The van der Waals surface area contributed by atoms with Crippen LogP contribution in [-0.4, -0.2) is 6.29 Å². The van der Waals surface area contributed by atoms with Gasteiger partial charge in [-0.05, 0) is 17.5 Å². The Morgan fingerprint density at radius 2 is 2.08 bits per heavy atom. The number of hydrogen-bond donors (Lipinski definition) is 0. The fourth-order valence-electron chi connectivity index (χ4n) is 1.18. The van der Waals surface area contributed by atoms with Gasteiger partial charge < -0.3 is 0 Å². The molecule has 0 heterocycles. The van der Waals surface area contributed by atoms with Crippen LogP contribution in [0.25, 0.3) is 0 Å². The fraction of sp³-hybridized carbons (Fsp3) is 0.300. The second-order valence-corrected chi connectivity index (χ2v) is 3.02. The summed E-state index contributed by atoms with van der Waals surface area (Å²) < 4.78 is 13.0. The van der Waals surface area contributed by atoms with Crippen molar-refractivity contribution in [2.45, 2.75) is 19.8 Å². The molecule has 1 aromatic rings. The monoisotopic (exact) mass is 166 g/mol. The van der Waals surface area contributed by atoms with Gasteiger partial charge in [-0.25, -0.2) is 4.39 Å². The molecule has 0 fully saturated rings. The first-order chi connectivity index (χ1) is 5.66. The zero-order chi connectivity index (χ0) is 9.14. The number of aldehydes is 1. The van der Waals surface area contributed by atoms with E-state index in [1.54, 1.807) is 12.1 Å². The summed E-state index contributed by atoms with van der Waals surface area (Å²) >= 11 is 0. The van der Waals surface area contributed by atoms with E-state index >= 15 is 0 Å². The molecule has 0 aromatic heterocycles. The van der Waals surface area contributed by atoms with E-state index in [4.69, 9.17) is 0 Å². The van der Waals surface area contributed by atoms with Gasteiger partial charge in [-0.2, -0.15) is 0 Å². The molecule has 2 heteroatoms. The Morgan fingerprint density at radius 3 is 2.50 bits per heavy atom. The molecule has 0 amide bonds. The highest BCUT2D eigenvalue weighted by Crippen LogP contribution is 2.19. The third-order valence-corrected chi connectivity index (χ3v) is 1.83.